The molecule has 260 valence electrons. The number of aromatic nitrogens is 2. The fraction of sp³-hybridized carbons (Fsp3) is 0.457. The fourth-order valence-corrected chi connectivity index (χ4v) is 6.81. The van der Waals surface area contributed by atoms with Crippen LogP contribution in [0.15, 0.2) is 42.2 Å². The summed E-state index contributed by atoms with van der Waals surface area (Å²) in [5.41, 5.74) is 9.60. The number of rotatable bonds is 17. The minimum absolute atomic E-state index is 0.00621. The Morgan fingerprint density at radius 3 is 2.10 bits per heavy atom. The van der Waals surface area contributed by atoms with Gasteiger partial charge in [0, 0.05) is 44.3 Å². The quantitative estimate of drug-likeness (QED) is 0.0956. The average molecular weight is 740 g/mol. The number of amides is 1. The van der Waals surface area contributed by atoms with E-state index < -0.39 is 12.0 Å². The Morgan fingerprint density at radius 1 is 0.875 bits per heavy atom. The van der Waals surface area contributed by atoms with E-state index in [9.17, 15) is 9.59 Å². The van der Waals surface area contributed by atoms with Crippen LogP contribution in [0.4, 0.5) is 11.4 Å². The van der Waals surface area contributed by atoms with Crippen LogP contribution >= 0.6 is 46.4 Å². The van der Waals surface area contributed by atoms with Crippen LogP contribution in [-0.4, -0.2) is 47.2 Å². The predicted molar refractivity (Wildman–Crippen MR) is 198 cm³/mol. The number of fused-ring (bicyclic) bond motifs is 2. The number of allylic oxidation sites excluding steroid dienone is 2. The molecule has 4 rings (SSSR count). The molecule has 0 unspecified atom stereocenters. The number of aliphatic carboxylic acids is 1. The molecule has 0 saturated carbocycles. The largest absolute Gasteiger partial charge is 0.480 e. The second-order valence-electron chi connectivity index (χ2n) is 11.7. The van der Waals surface area contributed by atoms with Crippen molar-refractivity contribution in [2.75, 3.05) is 29.4 Å². The van der Waals surface area contributed by atoms with Crippen LogP contribution in [0.1, 0.15) is 71.5 Å². The number of aryl methyl sites for hydroxylation is 2. The van der Waals surface area contributed by atoms with E-state index in [1.807, 2.05) is 24.3 Å². The summed E-state index contributed by atoms with van der Waals surface area (Å²) in [7, 11) is 0. The Labute approximate surface area is 302 Å². The highest BCUT2D eigenvalue weighted by atomic mass is 35.5. The first-order chi connectivity index (χ1) is 23.0. The van der Waals surface area contributed by atoms with E-state index in [1.54, 1.807) is 0 Å². The number of nitrogens with zero attached hydrogens (tertiary/aromatic N) is 4. The minimum atomic E-state index is -0.997. The number of nitrogens with one attached hydrogen (secondary N) is 1. The summed E-state index contributed by atoms with van der Waals surface area (Å²) in [5, 5.41) is 13.9. The molecule has 9 nitrogen and oxygen atoms in total. The van der Waals surface area contributed by atoms with Crippen molar-refractivity contribution in [1.29, 1.82) is 0 Å². The molecule has 2 aromatic carbocycles. The summed E-state index contributed by atoms with van der Waals surface area (Å²) >= 11 is 25.8. The van der Waals surface area contributed by atoms with E-state index >= 15 is 0 Å². The van der Waals surface area contributed by atoms with Gasteiger partial charge in [0.2, 0.25) is 5.91 Å². The standard InChI is InChI=1S/C35H44Cl4N6O3/c1-4-42-28-19-23(36)24(37)20-29(28)43(5-2)33(42)15-12-16-34-44(6-3)30-21-25(38)26(39)22-31(30)45(34)18-11-7-8-14-32(46)41-17-10-9-13-27(40)35(47)48/h12,15-16,19-22,27H,4-11,13-14,17-18,40H2,1-3H3,(H-,41,46,47,48)/p+1/t27-/m0/s1. The molecule has 1 aliphatic heterocycles. The molecular formula is C35H45Cl4N6O3+. The summed E-state index contributed by atoms with van der Waals surface area (Å²) in [6, 6.07) is 6.85. The Balaban J connectivity index is 1.47. The van der Waals surface area contributed by atoms with Gasteiger partial charge in [-0.25, -0.2) is 9.13 Å². The highest BCUT2D eigenvalue weighted by molar-refractivity contribution is 6.43. The number of unbranched alkanes of at least 4 members (excludes halogenated alkanes) is 3. The number of hydrogen-bond donors (Lipinski definition) is 3. The van der Waals surface area contributed by atoms with Gasteiger partial charge in [0.15, 0.2) is 11.0 Å². The molecule has 3 aromatic rings. The van der Waals surface area contributed by atoms with Crippen molar-refractivity contribution in [2.45, 2.75) is 84.8 Å². The molecule has 0 fully saturated rings. The van der Waals surface area contributed by atoms with Gasteiger partial charge in [-0.2, -0.15) is 0 Å². The highest BCUT2D eigenvalue weighted by Gasteiger charge is 2.30. The number of halogens is 4. The zero-order valence-corrected chi connectivity index (χ0v) is 30.8. The molecule has 0 bridgehead atoms. The molecule has 1 aromatic heterocycles. The topological polar surface area (TPSA) is 108 Å². The van der Waals surface area contributed by atoms with Crippen LogP contribution in [0.25, 0.3) is 17.1 Å². The zero-order chi connectivity index (χ0) is 35.0. The van der Waals surface area contributed by atoms with Crippen molar-refractivity contribution in [3.05, 3.63) is 68.2 Å². The third kappa shape index (κ3) is 8.79. The number of anilines is 2. The number of carboxylic acids is 1. The molecule has 1 aliphatic rings. The fourth-order valence-electron chi connectivity index (χ4n) is 6.17. The number of nitrogens with two attached hydrogens (primary N) is 1. The molecule has 0 spiro atoms. The van der Waals surface area contributed by atoms with Gasteiger partial charge in [0.05, 0.1) is 44.6 Å². The number of carbonyl (C=O) groups is 2. The lowest BCUT2D eigenvalue weighted by atomic mass is 10.1. The lowest BCUT2D eigenvalue weighted by Crippen LogP contribution is -2.36. The van der Waals surface area contributed by atoms with Gasteiger partial charge in [-0.3, -0.25) is 9.59 Å². The molecule has 13 heteroatoms. The number of hydrogen-bond acceptors (Lipinski definition) is 5. The molecule has 4 N–H and O–H groups in total. The monoisotopic (exact) mass is 737 g/mol. The van der Waals surface area contributed by atoms with Crippen molar-refractivity contribution in [3.8, 4) is 0 Å². The van der Waals surface area contributed by atoms with E-state index in [-0.39, 0.29) is 5.91 Å². The van der Waals surface area contributed by atoms with Crippen LogP contribution in [0.3, 0.4) is 0 Å². The van der Waals surface area contributed by atoms with Gasteiger partial charge < -0.3 is 26.0 Å². The number of benzene rings is 2. The first-order valence-electron chi connectivity index (χ1n) is 16.6. The van der Waals surface area contributed by atoms with Gasteiger partial charge >= 0.3 is 5.97 Å². The summed E-state index contributed by atoms with van der Waals surface area (Å²) in [6.07, 6.45) is 11.0. The van der Waals surface area contributed by atoms with Gasteiger partial charge in [-0.1, -0.05) is 52.5 Å². The minimum Gasteiger partial charge on any atom is -0.480 e. The van der Waals surface area contributed by atoms with Crippen LogP contribution in [0, 0.1) is 0 Å². The third-order valence-corrected chi connectivity index (χ3v) is 10.1. The van der Waals surface area contributed by atoms with Crippen LogP contribution < -0.4 is 25.4 Å². The summed E-state index contributed by atoms with van der Waals surface area (Å²) < 4.78 is 4.51. The Bertz CT molecular complexity index is 1650. The predicted octanol–water partition coefficient (Wildman–Crippen LogP) is 8.04. The molecule has 48 heavy (non-hydrogen) atoms. The van der Waals surface area contributed by atoms with E-state index in [2.05, 4.69) is 63.3 Å². The van der Waals surface area contributed by atoms with Gasteiger partial charge in [0.25, 0.3) is 5.82 Å². The van der Waals surface area contributed by atoms with E-state index in [4.69, 9.17) is 57.2 Å². The summed E-state index contributed by atoms with van der Waals surface area (Å²) in [4.78, 5) is 27.6. The Morgan fingerprint density at radius 2 is 1.50 bits per heavy atom. The smallest absolute Gasteiger partial charge is 0.320 e. The molecule has 0 radical (unpaired) electrons. The first-order valence-corrected chi connectivity index (χ1v) is 18.1. The van der Waals surface area contributed by atoms with Crippen LogP contribution in [0.5, 0.6) is 0 Å². The second kappa shape index (κ2) is 17.6. The Kier molecular flexibility index (Phi) is 13.9. The van der Waals surface area contributed by atoms with Crippen molar-refractivity contribution in [3.63, 3.8) is 0 Å². The Hall–Kier alpha value is -2.95. The maximum Gasteiger partial charge on any atom is 0.320 e. The average Bonchev–Trinajstić information content (AvgIpc) is 3.50. The maximum absolute atomic E-state index is 12.3. The summed E-state index contributed by atoms with van der Waals surface area (Å²) in [5.74, 6) is 1.08. The van der Waals surface area contributed by atoms with Crippen molar-refractivity contribution in [2.24, 2.45) is 5.73 Å². The van der Waals surface area contributed by atoms with E-state index in [1.165, 1.54) is 0 Å². The van der Waals surface area contributed by atoms with Crippen molar-refractivity contribution >= 4 is 86.8 Å². The molecule has 2 heterocycles. The lowest BCUT2D eigenvalue weighted by molar-refractivity contribution is -0.674. The summed E-state index contributed by atoms with van der Waals surface area (Å²) in [6.45, 7) is 9.89. The van der Waals surface area contributed by atoms with Crippen LogP contribution in [0.2, 0.25) is 20.1 Å². The molecule has 1 amide bonds. The van der Waals surface area contributed by atoms with Crippen molar-refractivity contribution in [1.82, 2.24) is 9.88 Å². The van der Waals surface area contributed by atoms with Gasteiger partial charge in [-0.15, -0.1) is 0 Å². The molecular weight excluding hydrogens is 694 g/mol. The SMILES string of the molecule is CCN1C(=CC=Cc2n(CC)c3cc(Cl)c(Cl)cc3[n+]2CCCCCC(=O)NCCCC[C@H](N)C(=O)O)N(CC)c2cc(Cl)c(Cl)cc21. The number of carbonyl (C=O) groups excluding carboxylic acids is 1. The molecule has 0 saturated heterocycles. The van der Waals surface area contributed by atoms with E-state index in [0.29, 0.717) is 52.3 Å². The number of carboxylic acid groups (broad SMARTS) is 1. The normalized spacial score (nSPS) is 13.5. The first kappa shape index (κ1) is 37.9. The highest BCUT2D eigenvalue weighted by Crippen LogP contribution is 2.45. The third-order valence-electron chi connectivity index (χ3n) is 8.61. The molecule has 1 atom stereocenters. The van der Waals surface area contributed by atoms with Gasteiger partial charge in [-0.05, 0) is 77.5 Å². The molecule has 0 aliphatic carbocycles. The lowest BCUT2D eigenvalue weighted by Gasteiger charge is -2.23. The van der Waals surface area contributed by atoms with Gasteiger partial charge in [0.1, 0.15) is 11.9 Å². The number of imidazole rings is 1. The maximum atomic E-state index is 12.3. The van der Waals surface area contributed by atoms with Crippen molar-refractivity contribution < 1.29 is 19.3 Å². The van der Waals surface area contributed by atoms with Crippen LogP contribution in [-0.2, 0) is 22.7 Å². The van der Waals surface area contributed by atoms with E-state index in [0.717, 1.165) is 79.5 Å². The zero-order valence-electron chi connectivity index (χ0n) is 27.7. The second-order valence-corrected chi connectivity index (χ2v) is 13.4.